The third-order valence-electron chi connectivity index (χ3n) is 6.58. The van der Waals surface area contributed by atoms with E-state index in [-0.39, 0.29) is 16.4 Å². The molecular formula is C26H32N2O5S. The summed E-state index contributed by atoms with van der Waals surface area (Å²) in [5.41, 5.74) is 3.05. The third kappa shape index (κ3) is 5.12. The number of aryl methyl sites for hydroxylation is 1. The Labute approximate surface area is 201 Å². The molecule has 2 aromatic carbocycles. The van der Waals surface area contributed by atoms with Crippen LogP contribution in [-0.2, 0) is 24.6 Å². The predicted molar refractivity (Wildman–Crippen MR) is 130 cm³/mol. The van der Waals surface area contributed by atoms with Crippen molar-refractivity contribution in [2.75, 3.05) is 13.1 Å². The number of nitrogens with zero attached hydrogens (tertiary/aromatic N) is 2. The maximum atomic E-state index is 12.6. The molecule has 0 aromatic heterocycles. The van der Waals surface area contributed by atoms with Gasteiger partial charge in [-0.15, -0.1) is 0 Å². The van der Waals surface area contributed by atoms with Crippen molar-refractivity contribution in [3.8, 4) is 0 Å². The van der Waals surface area contributed by atoms with E-state index in [1.165, 1.54) is 12.1 Å². The van der Waals surface area contributed by atoms with Gasteiger partial charge in [0.1, 0.15) is 10.5 Å². The first-order valence-electron chi connectivity index (χ1n) is 11.6. The third-order valence-corrected chi connectivity index (χ3v) is 7.70. The highest BCUT2D eigenvalue weighted by Gasteiger charge is 2.42. The van der Waals surface area contributed by atoms with Crippen molar-refractivity contribution >= 4 is 21.9 Å². The van der Waals surface area contributed by atoms with Gasteiger partial charge in [-0.2, -0.15) is 8.42 Å². The molecule has 4 rings (SSSR count). The summed E-state index contributed by atoms with van der Waals surface area (Å²) in [5.74, 6) is 0. The number of rotatable bonds is 3. The molecule has 1 aliphatic heterocycles. The number of piperidine rings is 1. The normalized spacial score (nSPS) is 19.1. The monoisotopic (exact) mass is 484 g/mol. The molecule has 1 saturated heterocycles. The van der Waals surface area contributed by atoms with E-state index in [2.05, 4.69) is 11.2 Å². The van der Waals surface area contributed by atoms with Crippen LogP contribution >= 0.6 is 0 Å². The Kier molecular flexibility index (Phi) is 6.46. The molecule has 1 fully saturated rings. The van der Waals surface area contributed by atoms with Crippen molar-refractivity contribution in [1.29, 1.82) is 0 Å². The van der Waals surface area contributed by atoms with Crippen molar-refractivity contribution < 1.29 is 22.2 Å². The summed E-state index contributed by atoms with van der Waals surface area (Å²) in [7, 11) is -3.99. The molecule has 34 heavy (non-hydrogen) atoms. The highest BCUT2D eigenvalue weighted by molar-refractivity contribution is 7.86. The van der Waals surface area contributed by atoms with E-state index in [1.807, 2.05) is 45.9 Å². The zero-order valence-corrected chi connectivity index (χ0v) is 21.0. The first-order valence-corrected chi connectivity index (χ1v) is 13.0. The molecule has 7 nitrogen and oxygen atoms in total. The number of ether oxygens (including phenoxy) is 1. The minimum atomic E-state index is -3.99. The van der Waals surface area contributed by atoms with Gasteiger partial charge in [0, 0.05) is 18.7 Å². The molecule has 0 N–H and O–H groups in total. The zero-order valence-electron chi connectivity index (χ0n) is 20.2. The quantitative estimate of drug-likeness (QED) is 0.561. The lowest BCUT2D eigenvalue weighted by atomic mass is 9.64. The number of likely N-dealkylation sites (tertiary alicyclic amines) is 1. The van der Waals surface area contributed by atoms with Crippen molar-refractivity contribution in [2.45, 2.75) is 69.3 Å². The number of fused-ring (bicyclic) bond motifs is 2. The van der Waals surface area contributed by atoms with Crippen LogP contribution < -0.4 is 0 Å². The first kappa shape index (κ1) is 24.3. The summed E-state index contributed by atoms with van der Waals surface area (Å²) in [5, 5.41) is 4.10. The SMILES string of the molecule is Cc1ccc(S(=O)(=O)ON=C2CCC3(CCN(C(=O)OC(C)(C)C)CC3)c3ccccc32)cc1. The number of carbonyl (C=O) groups excluding carboxylic acids is 1. The van der Waals surface area contributed by atoms with Gasteiger partial charge in [-0.05, 0) is 76.5 Å². The zero-order chi connectivity index (χ0) is 24.6. The summed E-state index contributed by atoms with van der Waals surface area (Å²) < 4.78 is 35.9. The van der Waals surface area contributed by atoms with E-state index in [0.29, 0.717) is 25.2 Å². The Morgan fingerprint density at radius 2 is 1.65 bits per heavy atom. The molecule has 1 amide bonds. The number of amides is 1. The van der Waals surface area contributed by atoms with E-state index in [9.17, 15) is 13.2 Å². The molecule has 0 radical (unpaired) electrons. The summed E-state index contributed by atoms with van der Waals surface area (Å²) in [4.78, 5) is 14.4. The van der Waals surface area contributed by atoms with E-state index >= 15 is 0 Å². The second-order valence-electron chi connectivity index (χ2n) is 10.2. The Morgan fingerprint density at radius 3 is 2.29 bits per heavy atom. The molecule has 0 unspecified atom stereocenters. The second-order valence-corrected chi connectivity index (χ2v) is 11.7. The van der Waals surface area contributed by atoms with Crippen molar-refractivity contribution in [1.82, 2.24) is 4.90 Å². The van der Waals surface area contributed by atoms with E-state index < -0.39 is 15.7 Å². The molecule has 0 bridgehead atoms. The maximum Gasteiger partial charge on any atom is 0.410 e. The summed E-state index contributed by atoms with van der Waals surface area (Å²) >= 11 is 0. The Bertz CT molecular complexity index is 1190. The fraction of sp³-hybridized carbons (Fsp3) is 0.462. The van der Waals surface area contributed by atoms with Gasteiger partial charge < -0.3 is 9.64 Å². The van der Waals surface area contributed by atoms with Gasteiger partial charge in [0.2, 0.25) is 0 Å². The summed E-state index contributed by atoms with van der Waals surface area (Å²) in [6.07, 6.45) is 2.78. The summed E-state index contributed by atoms with van der Waals surface area (Å²) in [6, 6.07) is 14.5. The minimum Gasteiger partial charge on any atom is -0.444 e. The predicted octanol–water partition coefficient (Wildman–Crippen LogP) is 5.17. The van der Waals surface area contributed by atoms with Gasteiger partial charge in [-0.3, -0.25) is 4.28 Å². The smallest absolute Gasteiger partial charge is 0.410 e. The number of benzene rings is 2. The first-order chi connectivity index (χ1) is 16.0. The second kappa shape index (κ2) is 9.06. The van der Waals surface area contributed by atoms with Crippen LogP contribution in [0.2, 0.25) is 0 Å². The highest BCUT2D eigenvalue weighted by Crippen LogP contribution is 2.45. The molecule has 1 heterocycles. The minimum absolute atomic E-state index is 0.0794. The fourth-order valence-electron chi connectivity index (χ4n) is 4.72. The molecule has 2 aliphatic rings. The molecule has 8 heteroatoms. The topological polar surface area (TPSA) is 85.3 Å². The van der Waals surface area contributed by atoms with Gasteiger partial charge in [0.05, 0.1) is 5.71 Å². The molecule has 0 saturated carbocycles. The van der Waals surface area contributed by atoms with Crippen LogP contribution in [0.5, 0.6) is 0 Å². The van der Waals surface area contributed by atoms with Crippen LogP contribution in [-0.4, -0.2) is 43.8 Å². The van der Waals surface area contributed by atoms with E-state index in [4.69, 9.17) is 9.02 Å². The maximum absolute atomic E-state index is 12.6. The van der Waals surface area contributed by atoms with Crippen molar-refractivity contribution in [2.24, 2.45) is 5.16 Å². The van der Waals surface area contributed by atoms with Gasteiger partial charge in [0.15, 0.2) is 0 Å². The van der Waals surface area contributed by atoms with Crippen LogP contribution in [0.25, 0.3) is 0 Å². The lowest BCUT2D eigenvalue weighted by Gasteiger charge is -2.45. The Morgan fingerprint density at radius 1 is 1.00 bits per heavy atom. The van der Waals surface area contributed by atoms with Gasteiger partial charge in [0.25, 0.3) is 0 Å². The molecule has 0 atom stereocenters. The van der Waals surface area contributed by atoms with Crippen LogP contribution in [0, 0.1) is 6.92 Å². The molecule has 1 spiro atoms. The Balaban J connectivity index is 1.53. The van der Waals surface area contributed by atoms with Gasteiger partial charge in [-0.25, -0.2) is 4.79 Å². The number of hydrogen-bond acceptors (Lipinski definition) is 6. The fourth-order valence-corrected chi connectivity index (χ4v) is 5.47. The Hall–Kier alpha value is -2.87. The van der Waals surface area contributed by atoms with Crippen LogP contribution in [0.15, 0.2) is 58.6 Å². The van der Waals surface area contributed by atoms with Gasteiger partial charge >= 0.3 is 16.2 Å². The number of oxime groups is 1. The lowest BCUT2D eigenvalue weighted by Crippen LogP contribution is -2.48. The molecule has 182 valence electrons. The van der Waals surface area contributed by atoms with Crippen LogP contribution in [0.1, 0.15) is 63.1 Å². The van der Waals surface area contributed by atoms with Crippen LogP contribution in [0.4, 0.5) is 4.79 Å². The summed E-state index contributed by atoms with van der Waals surface area (Å²) in [6.45, 7) is 8.74. The van der Waals surface area contributed by atoms with Gasteiger partial charge in [-0.1, -0.05) is 47.1 Å². The molecule has 2 aromatic rings. The van der Waals surface area contributed by atoms with Crippen molar-refractivity contribution in [3.05, 3.63) is 65.2 Å². The molecular weight excluding hydrogens is 452 g/mol. The lowest BCUT2D eigenvalue weighted by molar-refractivity contribution is 0.0158. The standard InChI is InChI=1S/C26H32N2O5S/c1-19-9-11-20(12-10-19)34(30,31)33-27-23-13-14-26(22-8-6-5-7-21(22)23)15-17-28(18-16-26)24(29)32-25(2,3)4/h5-12H,13-18H2,1-4H3. The number of carbonyl (C=O) groups is 1. The van der Waals surface area contributed by atoms with E-state index in [0.717, 1.165) is 36.0 Å². The van der Waals surface area contributed by atoms with Crippen LogP contribution in [0.3, 0.4) is 0 Å². The average molecular weight is 485 g/mol. The molecule has 1 aliphatic carbocycles. The van der Waals surface area contributed by atoms with E-state index in [1.54, 1.807) is 17.0 Å². The number of hydrogen-bond donors (Lipinski definition) is 0. The highest BCUT2D eigenvalue weighted by atomic mass is 32.2. The largest absolute Gasteiger partial charge is 0.444 e. The average Bonchev–Trinajstić information content (AvgIpc) is 2.78. The van der Waals surface area contributed by atoms with Crippen molar-refractivity contribution in [3.63, 3.8) is 0 Å².